The molecule has 1 aliphatic carbocycles. The molecule has 0 amide bonds. The van der Waals surface area contributed by atoms with Crippen LogP contribution in [0.1, 0.15) is 32.1 Å². The van der Waals surface area contributed by atoms with Crippen molar-refractivity contribution in [1.82, 2.24) is 9.55 Å². The van der Waals surface area contributed by atoms with Crippen LogP contribution in [0.4, 0.5) is 0 Å². The average Bonchev–Trinajstić information content (AvgIpc) is 2.30. The molecule has 0 spiro atoms. The first-order chi connectivity index (χ1) is 7.28. The Morgan fingerprint density at radius 2 is 2.13 bits per heavy atom. The summed E-state index contributed by atoms with van der Waals surface area (Å²) in [5.41, 5.74) is 5.50. The zero-order chi connectivity index (χ0) is 10.7. The van der Waals surface area contributed by atoms with Gasteiger partial charge in [0.2, 0.25) is 0 Å². The van der Waals surface area contributed by atoms with Gasteiger partial charge in [-0.05, 0) is 18.9 Å². The van der Waals surface area contributed by atoms with Gasteiger partial charge in [0.05, 0.1) is 5.54 Å². The zero-order valence-electron chi connectivity index (χ0n) is 8.85. The number of hydrogen-bond acceptors (Lipinski definition) is 3. The van der Waals surface area contributed by atoms with E-state index >= 15 is 0 Å². The molecule has 0 radical (unpaired) electrons. The molecule has 15 heavy (non-hydrogen) atoms. The summed E-state index contributed by atoms with van der Waals surface area (Å²) in [7, 11) is 0. The van der Waals surface area contributed by atoms with E-state index in [4.69, 9.17) is 5.73 Å². The Balaban J connectivity index is 2.41. The molecule has 0 bridgehead atoms. The van der Waals surface area contributed by atoms with Crippen molar-refractivity contribution < 1.29 is 0 Å². The Hall–Kier alpha value is -1.16. The van der Waals surface area contributed by atoms with E-state index in [1.54, 1.807) is 10.6 Å². The van der Waals surface area contributed by atoms with E-state index < -0.39 is 0 Å². The molecule has 0 saturated heterocycles. The Kier molecular flexibility index (Phi) is 2.86. The number of nitrogens with two attached hydrogens (primary N) is 1. The molecule has 0 aromatic carbocycles. The molecule has 2 N–H and O–H groups in total. The van der Waals surface area contributed by atoms with Crippen LogP contribution in [0.2, 0.25) is 0 Å². The van der Waals surface area contributed by atoms with E-state index in [9.17, 15) is 4.79 Å². The van der Waals surface area contributed by atoms with Crippen LogP contribution in [0.5, 0.6) is 0 Å². The molecular formula is C11H17N3O. The van der Waals surface area contributed by atoms with Crippen molar-refractivity contribution in [3.8, 4) is 0 Å². The zero-order valence-corrected chi connectivity index (χ0v) is 8.85. The van der Waals surface area contributed by atoms with Crippen molar-refractivity contribution in [3.63, 3.8) is 0 Å². The summed E-state index contributed by atoms with van der Waals surface area (Å²) in [5.74, 6) is 0. The summed E-state index contributed by atoms with van der Waals surface area (Å²) < 4.78 is 1.73. The molecule has 2 rings (SSSR count). The van der Waals surface area contributed by atoms with Crippen molar-refractivity contribution in [1.29, 1.82) is 0 Å². The lowest BCUT2D eigenvalue weighted by molar-refractivity contribution is 0.194. The van der Waals surface area contributed by atoms with Crippen LogP contribution in [0.15, 0.2) is 23.3 Å². The molecule has 0 unspecified atom stereocenters. The molecule has 1 aliphatic rings. The van der Waals surface area contributed by atoms with Crippen molar-refractivity contribution >= 4 is 0 Å². The fourth-order valence-electron chi connectivity index (χ4n) is 2.47. The van der Waals surface area contributed by atoms with Gasteiger partial charge in [0.1, 0.15) is 0 Å². The summed E-state index contributed by atoms with van der Waals surface area (Å²) in [6.45, 7) is 0.526. The monoisotopic (exact) mass is 207 g/mol. The van der Waals surface area contributed by atoms with Crippen molar-refractivity contribution in [3.05, 3.63) is 28.9 Å². The van der Waals surface area contributed by atoms with Crippen LogP contribution in [0.3, 0.4) is 0 Å². The second-order valence-corrected chi connectivity index (χ2v) is 4.26. The smallest absolute Gasteiger partial charge is 0.328 e. The van der Waals surface area contributed by atoms with Gasteiger partial charge in [0.15, 0.2) is 0 Å². The van der Waals surface area contributed by atoms with Gasteiger partial charge in [0, 0.05) is 18.9 Å². The largest absolute Gasteiger partial charge is 0.348 e. The quantitative estimate of drug-likeness (QED) is 0.782. The first-order valence-electron chi connectivity index (χ1n) is 5.53. The van der Waals surface area contributed by atoms with E-state index in [-0.39, 0.29) is 11.2 Å². The lowest BCUT2D eigenvalue weighted by atomic mass is 9.81. The van der Waals surface area contributed by atoms with Crippen molar-refractivity contribution in [2.24, 2.45) is 5.73 Å². The second kappa shape index (κ2) is 4.14. The molecule has 0 atom stereocenters. The minimum atomic E-state index is -0.177. The lowest BCUT2D eigenvalue weighted by Crippen LogP contribution is -2.48. The first kappa shape index (κ1) is 10.4. The predicted octanol–water partition coefficient (Wildman–Crippen LogP) is 0.861. The molecule has 4 nitrogen and oxygen atoms in total. The van der Waals surface area contributed by atoms with Gasteiger partial charge < -0.3 is 5.73 Å². The molecule has 1 saturated carbocycles. The van der Waals surface area contributed by atoms with Gasteiger partial charge in [-0.2, -0.15) is 0 Å². The average molecular weight is 207 g/mol. The summed E-state index contributed by atoms with van der Waals surface area (Å²) in [6, 6.07) is 1.80. The maximum atomic E-state index is 11.7. The predicted molar refractivity (Wildman–Crippen MR) is 58.6 cm³/mol. The topological polar surface area (TPSA) is 60.9 Å². The van der Waals surface area contributed by atoms with Gasteiger partial charge in [-0.15, -0.1) is 0 Å². The van der Waals surface area contributed by atoms with Crippen LogP contribution in [-0.2, 0) is 5.54 Å². The molecule has 4 heteroatoms. The van der Waals surface area contributed by atoms with Crippen molar-refractivity contribution in [2.75, 3.05) is 6.54 Å². The maximum absolute atomic E-state index is 11.7. The van der Waals surface area contributed by atoms with Crippen LogP contribution in [0.25, 0.3) is 0 Å². The van der Waals surface area contributed by atoms with E-state index in [1.165, 1.54) is 12.6 Å². The molecule has 82 valence electrons. The Bertz CT molecular complexity index is 379. The summed E-state index contributed by atoms with van der Waals surface area (Å²) >= 11 is 0. The Morgan fingerprint density at radius 3 is 2.73 bits per heavy atom. The number of rotatable bonds is 2. The third-order valence-electron chi connectivity index (χ3n) is 3.39. The second-order valence-electron chi connectivity index (χ2n) is 4.26. The molecule has 1 aromatic heterocycles. The fraction of sp³-hybridized carbons (Fsp3) is 0.636. The van der Waals surface area contributed by atoms with Crippen LogP contribution < -0.4 is 11.4 Å². The number of nitrogens with zero attached hydrogens (tertiary/aromatic N) is 2. The number of aromatic nitrogens is 2. The minimum Gasteiger partial charge on any atom is -0.328 e. The summed E-state index contributed by atoms with van der Waals surface area (Å²) in [5, 5.41) is 0. The van der Waals surface area contributed by atoms with Gasteiger partial charge in [-0.3, -0.25) is 4.57 Å². The highest BCUT2D eigenvalue weighted by molar-refractivity contribution is 4.95. The highest BCUT2D eigenvalue weighted by Crippen LogP contribution is 2.32. The SMILES string of the molecule is NCC1(n2cccnc2=O)CCCCC1. The fourth-order valence-corrected chi connectivity index (χ4v) is 2.47. The van der Waals surface area contributed by atoms with E-state index in [0.717, 1.165) is 25.7 Å². The van der Waals surface area contributed by atoms with Gasteiger partial charge >= 0.3 is 5.69 Å². The van der Waals surface area contributed by atoms with Crippen LogP contribution >= 0.6 is 0 Å². The highest BCUT2D eigenvalue weighted by atomic mass is 16.1. The van der Waals surface area contributed by atoms with Crippen LogP contribution in [-0.4, -0.2) is 16.1 Å². The standard InChI is InChI=1S/C11H17N3O/c12-9-11(5-2-1-3-6-11)14-8-4-7-13-10(14)15/h4,7-8H,1-3,5-6,9,12H2. The van der Waals surface area contributed by atoms with E-state index in [2.05, 4.69) is 4.98 Å². The van der Waals surface area contributed by atoms with E-state index in [1.807, 2.05) is 6.20 Å². The minimum absolute atomic E-state index is 0.176. The third-order valence-corrected chi connectivity index (χ3v) is 3.39. The molecule has 0 aliphatic heterocycles. The lowest BCUT2D eigenvalue weighted by Gasteiger charge is -2.37. The molecular weight excluding hydrogens is 190 g/mol. The molecule has 1 heterocycles. The number of hydrogen-bond donors (Lipinski definition) is 1. The first-order valence-corrected chi connectivity index (χ1v) is 5.53. The third kappa shape index (κ3) is 1.81. The van der Waals surface area contributed by atoms with Gasteiger partial charge in [-0.25, -0.2) is 9.78 Å². The van der Waals surface area contributed by atoms with Crippen molar-refractivity contribution in [2.45, 2.75) is 37.6 Å². The highest BCUT2D eigenvalue weighted by Gasteiger charge is 2.33. The van der Waals surface area contributed by atoms with Crippen LogP contribution in [0, 0.1) is 0 Å². The summed E-state index contributed by atoms with van der Waals surface area (Å²) in [6.07, 6.45) is 8.89. The van der Waals surface area contributed by atoms with E-state index in [0.29, 0.717) is 6.54 Å². The maximum Gasteiger partial charge on any atom is 0.348 e. The Labute approximate surface area is 89.1 Å². The molecule has 1 aromatic rings. The summed E-state index contributed by atoms with van der Waals surface area (Å²) in [4.78, 5) is 15.5. The van der Waals surface area contributed by atoms with Gasteiger partial charge in [0.25, 0.3) is 0 Å². The normalized spacial score (nSPS) is 20.1. The Morgan fingerprint density at radius 1 is 1.40 bits per heavy atom. The molecule has 1 fully saturated rings. The van der Waals surface area contributed by atoms with Gasteiger partial charge in [-0.1, -0.05) is 19.3 Å².